The molecule has 4 atom stereocenters. The van der Waals surface area contributed by atoms with Crippen LogP contribution in [0.1, 0.15) is 36.8 Å². The third kappa shape index (κ3) is 1.87. The Hall–Kier alpha value is -1.06. The summed E-state index contributed by atoms with van der Waals surface area (Å²) in [5.41, 5.74) is 3.12. The number of likely N-dealkylation sites (tertiary alicyclic amines) is 1. The van der Waals surface area contributed by atoms with Gasteiger partial charge in [0.25, 0.3) is 0 Å². The van der Waals surface area contributed by atoms with Crippen molar-refractivity contribution in [1.82, 2.24) is 4.90 Å². The molecule has 1 saturated heterocycles. The maximum atomic E-state index is 10.3. The first kappa shape index (κ1) is 13.6. The number of likely N-dealkylation sites (N-methyl/N-ethyl adjacent to an activating group) is 1. The molecule has 2 fully saturated rings. The Morgan fingerprint density at radius 1 is 1.33 bits per heavy atom. The molecule has 1 aromatic rings. The van der Waals surface area contributed by atoms with Crippen molar-refractivity contribution in [2.45, 2.75) is 49.7 Å². The van der Waals surface area contributed by atoms with E-state index in [1.54, 1.807) is 7.11 Å². The zero-order valence-corrected chi connectivity index (χ0v) is 13.0. The van der Waals surface area contributed by atoms with Crippen molar-refractivity contribution in [2.75, 3.05) is 20.7 Å². The summed E-state index contributed by atoms with van der Waals surface area (Å²) in [6, 6.07) is 7.23. The van der Waals surface area contributed by atoms with Gasteiger partial charge in [0.1, 0.15) is 5.75 Å². The molecule has 1 saturated carbocycles. The molecule has 2 aliphatic carbocycles. The molecule has 4 rings (SSSR count). The van der Waals surface area contributed by atoms with Gasteiger partial charge in [0.2, 0.25) is 0 Å². The minimum Gasteiger partial charge on any atom is -0.497 e. The number of methoxy groups -OCH3 is 1. The maximum Gasteiger partial charge on any atom is 0.119 e. The minimum atomic E-state index is -0.137. The van der Waals surface area contributed by atoms with Crippen LogP contribution in [0.3, 0.4) is 0 Å². The van der Waals surface area contributed by atoms with Gasteiger partial charge in [-0.05, 0) is 74.9 Å². The maximum absolute atomic E-state index is 10.3. The number of hydrogen-bond donors (Lipinski definition) is 1. The number of nitrogens with zero attached hydrogens (tertiary/aromatic N) is 1. The molecule has 2 bridgehead atoms. The van der Waals surface area contributed by atoms with Crippen molar-refractivity contribution in [1.29, 1.82) is 0 Å². The fraction of sp³-hybridized carbons (Fsp3) is 0.667. The molecule has 3 aliphatic rings. The number of rotatable bonds is 1. The highest BCUT2D eigenvalue weighted by Gasteiger charge is 2.54. The average Bonchev–Trinajstić information content (AvgIpc) is 2.50. The second-order valence-electron chi connectivity index (χ2n) is 7.22. The van der Waals surface area contributed by atoms with E-state index in [4.69, 9.17) is 4.74 Å². The fourth-order valence-electron chi connectivity index (χ4n) is 5.31. The van der Waals surface area contributed by atoms with Crippen LogP contribution in [0.5, 0.6) is 5.75 Å². The first-order valence-corrected chi connectivity index (χ1v) is 8.20. The highest BCUT2D eigenvalue weighted by Crippen LogP contribution is 2.55. The highest BCUT2D eigenvalue weighted by molar-refractivity contribution is 5.45. The molecule has 21 heavy (non-hydrogen) atoms. The molecule has 0 amide bonds. The smallest absolute Gasteiger partial charge is 0.119 e. The normalized spacial score (nSPS) is 38.5. The number of hydrogen-bond acceptors (Lipinski definition) is 3. The summed E-state index contributed by atoms with van der Waals surface area (Å²) in [5, 5.41) is 10.3. The summed E-state index contributed by atoms with van der Waals surface area (Å²) in [7, 11) is 4.01. The number of piperidine rings is 1. The third-order valence-corrected chi connectivity index (χ3v) is 6.34. The fourth-order valence-corrected chi connectivity index (χ4v) is 5.31. The molecule has 1 aromatic carbocycles. The number of benzene rings is 1. The zero-order chi connectivity index (χ0) is 14.6. The monoisotopic (exact) mass is 287 g/mol. The van der Waals surface area contributed by atoms with E-state index < -0.39 is 0 Å². The Morgan fingerprint density at radius 2 is 2.19 bits per heavy atom. The van der Waals surface area contributed by atoms with Crippen molar-refractivity contribution >= 4 is 0 Å². The van der Waals surface area contributed by atoms with E-state index >= 15 is 0 Å². The van der Waals surface area contributed by atoms with Crippen molar-refractivity contribution in [2.24, 2.45) is 5.92 Å². The van der Waals surface area contributed by atoms with Crippen LogP contribution in [0, 0.1) is 5.92 Å². The summed E-state index contributed by atoms with van der Waals surface area (Å²) >= 11 is 0. The van der Waals surface area contributed by atoms with E-state index in [0.29, 0.717) is 12.0 Å². The minimum absolute atomic E-state index is 0.137. The van der Waals surface area contributed by atoms with Gasteiger partial charge < -0.3 is 14.7 Å². The van der Waals surface area contributed by atoms with Gasteiger partial charge >= 0.3 is 0 Å². The predicted molar refractivity (Wildman–Crippen MR) is 82.8 cm³/mol. The summed E-state index contributed by atoms with van der Waals surface area (Å²) in [5.74, 6) is 1.65. The van der Waals surface area contributed by atoms with Crippen LogP contribution in [-0.4, -0.2) is 42.9 Å². The van der Waals surface area contributed by atoms with E-state index in [1.165, 1.54) is 17.5 Å². The second-order valence-corrected chi connectivity index (χ2v) is 7.22. The molecule has 0 radical (unpaired) electrons. The number of aliphatic hydroxyl groups excluding tert-OH is 1. The first-order chi connectivity index (χ1) is 10.1. The first-order valence-electron chi connectivity index (χ1n) is 8.20. The lowest BCUT2D eigenvalue weighted by Crippen LogP contribution is -2.61. The Bertz CT molecular complexity index is 558. The van der Waals surface area contributed by atoms with Crippen LogP contribution in [0.15, 0.2) is 18.2 Å². The zero-order valence-electron chi connectivity index (χ0n) is 13.0. The van der Waals surface area contributed by atoms with E-state index in [1.807, 2.05) is 0 Å². The number of aliphatic hydroxyl groups is 1. The van der Waals surface area contributed by atoms with Crippen molar-refractivity contribution < 1.29 is 9.84 Å². The molecule has 0 aromatic heterocycles. The summed E-state index contributed by atoms with van der Waals surface area (Å²) in [6.07, 6.45) is 5.24. The van der Waals surface area contributed by atoms with E-state index in [-0.39, 0.29) is 11.5 Å². The summed E-state index contributed by atoms with van der Waals surface area (Å²) in [4.78, 5) is 2.55. The van der Waals surface area contributed by atoms with E-state index in [9.17, 15) is 5.11 Å². The summed E-state index contributed by atoms with van der Waals surface area (Å²) in [6.45, 7) is 1.14. The lowest BCUT2D eigenvalue weighted by molar-refractivity contribution is -0.0393. The van der Waals surface area contributed by atoms with Gasteiger partial charge in [-0.15, -0.1) is 0 Å². The van der Waals surface area contributed by atoms with Crippen LogP contribution < -0.4 is 4.74 Å². The average molecular weight is 287 g/mol. The van der Waals surface area contributed by atoms with Gasteiger partial charge in [0, 0.05) is 11.5 Å². The van der Waals surface area contributed by atoms with Crippen LogP contribution >= 0.6 is 0 Å². The van der Waals surface area contributed by atoms with Crippen LogP contribution in [-0.2, 0) is 11.8 Å². The number of fused-ring (bicyclic) bond motifs is 1. The van der Waals surface area contributed by atoms with Gasteiger partial charge in [-0.2, -0.15) is 0 Å². The van der Waals surface area contributed by atoms with Crippen LogP contribution in [0.2, 0.25) is 0 Å². The van der Waals surface area contributed by atoms with Crippen LogP contribution in [0.25, 0.3) is 0 Å². The molecule has 114 valence electrons. The largest absolute Gasteiger partial charge is 0.497 e. The van der Waals surface area contributed by atoms with E-state index in [2.05, 4.69) is 30.1 Å². The Kier molecular flexibility index (Phi) is 3.05. The predicted octanol–water partition coefficient (Wildman–Crippen LogP) is 2.35. The molecule has 1 heterocycles. The van der Waals surface area contributed by atoms with Crippen molar-refractivity contribution in [3.63, 3.8) is 0 Å². The Labute approximate surface area is 126 Å². The quantitative estimate of drug-likeness (QED) is 0.860. The van der Waals surface area contributed by atoms with Gasteiger partial charge in [0.05, 0.1) is 13.2 Å². The topological polar surface area (TPSA) is 32.7 Å². The van der Waals surface area contributed by atoms with Gasteiger partial charge in [-0.1, -0.05) is 6.07 Å². The Morgan fingerprint density at radius 3 is 3.00 bits per heavy atom. The molecular formula is C18H25NO2. The molecule has 3 nitrogen and oxygen atoms in total. The van der Waals surface area contributed by atoms with E-state index in [0.717, 1.165) is 38.0 Å². The summed E-state index contributed by atoms with van der Waals surface area (Å²) < 4.78 is 5.47. The Balaban J connectivity index is 1.88. The molecule has 1 aliphatic heterocycles. The van der Waals surface area contributed by atoms with Gasteiger partial charge in [-0.25, -0.2) is 0 Å². The molecule has 1 N–H and O–H groups in total. The molecule has 0 spiro atoms. The third-order valence-electron chi connectivity index (χ3n) is 6.34. The lowest BCUT2D eigenvalue weighted by atomic mass is 9.52. The van der Waals surface area contributed by atoms with Gasteiger partial charge in [0.15, 0.2) is 0 Å². The van der Waals surface area contributed by atoms with Crippen molar-refractivity contribution in [3.8, 4) is 5.75 Å². The molecule has 3 heteroatoms. The molecule has 0 unspecified atom stereocenters. The molecular weight excluding hydrogens is 262 g/mol. The highest BCUT2D eigenvalue weighted by atomic mass is 16.5. The second kappa shape index (κ2) is 4.72. The van der Waals surface area contributed by atoms with Crippen molar-refractivity contribution in [3.05, 3.63) is 29.3 Å². The number of ether oxygens (including phenoxy) is 1. The van der Waals surface area contributed by atoms with Gasteiger partial charge in [-0.3, -0.25) is 0 Å². The lowest BCUT2D eigenvalue weighted by Gasteiger charge is -2.59. The standard InChI is InChI=1S/C18H25NO2/c1-19-8-7-18-11-13(20)4-6-15(18)17(19)9-12-3-5-14(21-2)10-16(12)18/h3,5,10,13,15,17,20H,4,6-9,11H2,1-2H3/t13-,15-,17+,18-/m1/s1. The van der Waals surface area contributed by atoms with Crippen LogP contribution in [0.4, 0.5) is 0 Å². The SMILES string of the molecule is COc1ccc2c(c1)[C@@]13CCN(C)[C@@H](C2)[C@H]1CC[C@@H](O)C3.